The van der Waals surface area contributed by atoms with Crippen molar-refractivity contribution in [3.63, 3.8) is 0 Å². The van der Waals surface area contributed by atoms with Crippen LogP contribution in [0.4, 0.5) is 0 Å². The van der Waals surface area contributed by atoms with Crippen molar-refractivity contribution in [1.82, 2.24) is 0 Å². The number of unbranched alkanes of at least 4 members (excludes halogenated alkanes) is 4. The normalized spacial score (nSPS) is 19.9. The van der Waals surface area contributed by atoms with Crippen molar-refractivity contribution in [2.75, 3.05) is 0 Å². The summed E-state index contributed by atoms with van der Waals surface area (Å²) in [6.07, 6.45) is 11.8. The van der Waals surface area contributed by atoms with Crippen LogP contribution in [0.3, 0.4) is 0 Å². The van der Waals surface area contributed by atoms with Gasteiger partial charge in [0.15, 0.2) is 0 Å². The van der Waals surface area contributed by atoms with Crippen LogP contribution >= 0.6 is 11.6 Å². The Morgan fingerprint density at radius 1 is 1.12 bits per heavy atom. The minimum Gasteiger partial charge on any atom is -0.478 e. The Kier molecular flexibility index (Phi) is 8.43. The maximum Gasteiger partial charge on any atom is 0.337 e. The van der Waals surface area contributed by atoms with E-state index in [1.54, 1.807) is 0 Å². The zero-order valence-corrected chi connectivity index (χ0v) is 16.3. The number of hydrogen-bond donors (Lipinski definition) is 1. The smallest absolute Gasteiger partial charge is 0.337 e. The Morgan fingerprint density at radius 2 is 1.81 bits per heavy atom. The summed E-state index contributed by atoms with van der Waals surface area (Å²) in [7, 11) is 0. The molecule has 26 heavy (non-hydrogen) atoms. The second-order valence-electron chi connectivity index (χ2n) is 7.29. The Balaban J connectivity index is 1.74. The molecule has 0 heterocycles. The second kappa shape index (κ2) is 10.6. The van der Waals surface area contributed by atoms with Crippen LogP contribution in [0.1, 0.15) is 81.5 Å². The zero-order chi connectivity index (χ0) is 18.9. The van der Waals surface area contributed by atoms with Gasteiger partial charge in [0.05, 0.1) is 16.5 Å². The summed E-state index contributed by atoms with van der Waals surface area (Å²) < 4.78 is 5.41. The maximum atomic E-state index is 12.4. The first kappa shape index (κ1) is 20.8. The number of esters is 1. The standard InChI is InChI=1S/C21H29ClO4/c1-2-3-4-5-6-7-15-8-10-16(11-9-15)21(25)26-17-12-13-18(20(23)24)19(22)14-17/h12-16H,2-11H2,1H3,(H,23,24)/t15-,16-. The molecule has 2 rings (SSSR count). The molecule has 4 nitrogen and oxygen atoms in total. The summed E-state index contributed by atoms with van der Waals surface area (Å²) in [5.41, 5.74) is 0.00547. The summed E-state index contributed by atoms with van der Waals surface area (Å²) in [4.78, 5) is 23.3. The average Bonchev–Trinajstić information content (AvgIpc) is 2.62. The lowest BCUT2D eigenvalue weighted by molar-refractivity contribution is -0.140. The quantitative estimate of drug-likeness (QED) is 0.319. The zero-order valence-electron chi connectivity index (χ0n) is 15.5. The van der Waals surface area contributed by atoms with Crippen molar-refractivity contribution in [3.8, 4) is 5.75 Å². The molecule has 0 atom stereocenters. The van der Waals surface area contributed by atoms with Crippen molar-refractivity contribution in [3.05, 3.63) is 28.8 Å². The van der Waals surface area contributed by atoms with Gasteiger partial charge < -0.3 is 9.84 Å². The van der Waals surface area contributed by atoms with Crippen LogP contribution in [0.5, 0.6) is 5.75 Å². The SMILES string of the molecule is CCCCCCC[C@H]1CC[C@H](C(=O)Oc2ccc(C(=O)O)c(Cl)c2)CC1. The highest BCUT2D eigenvalue weighted by molar-refractivity contribution is 6.33. The number of benzene rings is 1. The number of carboxylic acid groups (broad SMARTS) is 1. The average molecular weight is 381 g/mol. The maximum absolute atomic E-state index is 12.4. The first-order valence-corrected chi connectivity index (χ1v) is 10.1. The molecule has 1 N–H and O–H groups in total. The number of carbonyl (C=O) groups is 2. The number of hydrogen-bond acceptors (Lipinski definition) is 3. The third-order valence-electron chi connectivity index (χ3n) is 5.29. The second-order valence-corrected chi connectivity index (χ2v) is 7.70. The van der Waals surface area contributed by atoms with Crippen LogP contribution in [0.2, 0.25) is 5.02 Å². The molecular weight excluding hydrogens is 352 g/mol. The first-order valence-electron chi connectivity index (χ1n) is 9.75. The van der Waals surface area contributed by atoms with Gasteiger partial charge in [0.1, 0.15) is 5.75 Å². The fourth-order valence-electron chi connectivity index (χ4n) is 3.66. The molecule has 0 aromatic heterocycles. The molecule has 1 aromatic rings. The number of carbonyl (C=O) groups excluding carboxylic acids is 1. The minimum atomic E-state index is -1.10. The van der Waals surface area contributed by atoms with E-state index in [-0.39, 0.29) is 22.5 Å². The summed E-state index contributed by atoms with van der Waals surface area (Å²) in [5, 5.41) is 9.06. The fraction of sp³-hybridized carbons (Fsp3) is 0.619. The number of ether oxygens (including phenoxy) is 1. The van der Waals surface area contributed by atoms with Gasteiger partial charge in [-0.05, 0) is 43.7 Å². The van der Waals surface area contributed by atoms with Gasteiger partial charge in [0.25, 0.3) is 0 Å². The molecule has 0 bridgehead atoms. The molecule has 1 aliphatic carbocycles. The van der Waals surface area contributed by atoms with Crippen LogP contribution in [0, 0.1) is 11.8 Å². The lowest BCUT2D eigenvalue weighted by Gasteiger charge is -2.27. The Bertz CT molecular complexity index is 606. The Morgan fingerprint density at radius 3 is 2.42 bits per heavy atom. The fourth-order valence-corrected chi connectivity index (χ4v) is 3.91. The highest BCUT2D eigenvalue weighted by Gasteiger charge is 2.27. The van der Waals surface area contributed by atoms with E-state index in [9.17, 15) is 9.59 Å². The molecule has 0 saturated heterocycles. The van der Waals surface area contributed by atoms with E-state index in [4.69, 9.17) is 21.4 Å². The third kappa shape index (κ3) is 6.31. The van der Waals surface area contributed by atoms with E-state index in [1.807, 2.05) is 0 Å². The van der Waals surface area contributed by atoms with E-state index in [1.165, 1.54) is 56.7 Å². The molecule has 5 heteroatoms. The largest absolute Gasteiger partial charge is 0.478 e. The predicted octanol–water partition coefficient (Wildman–Crippen LogP) is 6.11. The van der Waals surface area contributed by atoms with E-state index in [0.29, 0.717) is 5.75 Å². The van der Waals surface area contributed by atoms with Crippen LogP contribution in [0.25, 0.3) is 0 Å². The number of halogens is 1. The molecule has 1 fully saturated rings. The first-order chi connectivity index (χ1) is 12.5. The Labute approximate surface area is 160 Å². The molecule has 0 unspecified atom stereocenters. The van der Waals surface area contributed by atoms with Gasteiger partial charge in [0.2, 0.25) is 0 Å². The van der Waals surface area contributed by atoms with E-state index < -0.39 is 5.97 Å². The van der Waals surface area contributed by atoms with Crippen molar-refractivity contribution >= 4 is 23.5 Å². The number of carboxylic acids is 1. The molecule has 0 aliphatic heterocycles. The van der Waals surface area contributed by atoms with Gasteiger partial charge in [-0.3, -0.25) is 4.79 Å². The van der Waals surface area contributed by atoms with E-state index in [2.05, 4.69) is 6.92 Å². The van der Waals surface area contributed by atoms with Crippen LogP contribution in [-0.2, 0) is 4.79 Å². The lowest BCUT2D eigenvalue weighted by atomic mass is 9.80. The molecule has 0 amide bonds. The van der Waals surface area contributed by atoms with Gasteiger partial charge in [0, 0.05) is 6.07 Å². The van der Waals surface area contributed by atoms with Gasteiger partial charge in [-0.1, -0.05) is 57.0 Å². The molecule has 1 aliphatic rings. The third-order valence-corrected chi connectivity index (χ3v) is 5.60. The summed E-state index contributed by atoms with van der Waals surface area (Å²) >= 11 is 5.92. The monoisotopic (exact) mass is 380 g/mol. The highest BCUT2D eigenvalue weighted by atomic mass is 35.5. The molecule has 0 spiro atoms. The molecule has 0 radical (unpaired) electrons. The molecular formula is C21H29ClO4. The van der Waals surface area contributed by atoms with E-state index in [0.717, 1.165) is 31.6 Å². The molecule has 144 valence electrons. The molecule has 1 saturated carbocycles. The van der Waals surface area contributed by atoms with Gasteiger partial charge in [-0.2, -0.15) is 0 Å². The van der Waals surface area contributed by atoms with Crippen LogP contribution < -0.4 is 4.74 Å². The van der Waals surface area contributed by atoms with Crippen molar-refractivity contribution in [2.45, 2.75) is 71.1 Å². The van der Waals surface area contributed by atoms with E-state index >= 15 is 0 Å². The summed E-state index contributed by atoms with van der Waals surface area (Å²) in [5.74, 6) is -0.344. The lowest BCUT2D eigenvalue weighted by Crippen LogP contribution is -2.25. The van der Waals surface area contributed by atoms with Gasteiger partial charge >= 0.3 is 11.9 Å². The summed E-state index contributed by atoms with van der Waals surface area (Å²) in [6, 6.07) is 4.24. The Hall–Kier alpha value is -1.55. The highest BCUT2D eigenvalue weighted by Crippen LogP contribution is 2.33. The van der Waals surface area contributed by atoms with Gasteiger partial charge in [-0.15, -0.1) is 0 Å². The minimum absolute atomic E-state index is 0.00547. The number of aromatic carboxylic acids is 1. The van der Waals surface area contributed by atoms with Crippen molar-refractivity contribution in [2.24, 2.45) is 11.8 Å². The van der Waals surface area contributed by atoms with Gasteiger partial charge in [-0.25, -0.2) is 4.79 Å². The van der Waals surface area contributed by atoms with Crippen molar-refractivity contribution < 1.29 is 19.4 Å². The number of rotatable bonds is 9. The summed E-state index contributed by atoms with van der Waals surface area (Å²) in [6.45, 7) is 2.23. The molecule has 1 aromatic carbocycles. The predicted molar refractivity (Wildman–Crippen MR) is 103 cm³/mol. The van der Waals surface area contributed by atoms with Crippen molar-refractivity contribution in [1.29, 1.82) is 0 Å². The topological polar surface area (TPSA) is 63.6 Å². The van der Waals surface area contributed by atoms with Crippen LogP contribution in [-0.4, -0.2) is 17.0 Å². The van der Waals surface area contributed by atoms with Crippen LogP contribution in [0.15, 0.2) is 18.2 Å².